The second kappa shape index (κ2) is 24.5. The molecule has 44 heavy (non-hydrogen) atoms. The van der Waals surface area contributed by atoms with Crippen molar-refractivity contribution in [2.75, 3.05) is 0 Å². The molecule has 3 rings (SSSR count). The van der Waals surface area contributed by atoms with Crippen LogP contribution in [-0.4, -0.2) is 45.5 Å². The molecule has 0 radical (unpaired) electrons. The third-order valence-electron chi connectivity index (χ3n) is 4.54. The van der Waals surface area contributed by atoms with Gasteiger partial charge in [0.15, 0.2) is 0 Å². The summed E-state index contributed by atoms with van der Waals surface area (Å²) in [7, 11) is -3.87. The highest BCUT2D eigenvalue weighted by molar-refractivity contribution is 14.0. The standard InChI is InChI=1S/C16H17NO3S2.C9H11NOS.C2H4ClNO.C2H5NO.HI/c1-12-4-8-15(9-5-12)21-14(3)17-20-22(18,19)16-10-6-13(2)7-11-16;1-7-3-5-9(6-4-7)12-8(2)10-11;1-2(3)4-5;1-2-3-4;/h4-11H,1-3H3;3-6,11H,1-2H3;5H,1H3;2,4H,1H3;1H/b17-14-;10-8-;4-2-;3-2+;. The van der Waals surface area contributed by atoms with Gasteiger partial charge in [-0.2, -0.15) is 8.42 Å². The SMILES string of the molecule is C/C(=N/O)Sc1ccc(C)cc1.C/C(=N/OS(=O)(=O)c1ccc(C)cc1)Sc1ccc(C)cc1.C/C(Cl)=N/O.C/C=N/O.I. The van der Waals surface area contributed by atoms with Crippen molar-refractivity contribution in [1.82, 2.24) is 0 Å². The molecule has 10 nitrogen and oxygen atoms in total. The fraction of sp³-hybridized carbons (Fsp3) is 0.241. The van der Waals surface area contributed by atoms with Crippen LogP contribution in [0.25, 0.3) is 0 Å². The summed E-state index contributed by atoms with van der Waals surface area (Å²) in [5, 5.41) is 36.8. The van der Waals surface area contributed by atoms with Crippen LogP contribution in [0.4, 0.5) is 0 Å². The van der Waals surface area contributed by atoms with E-state index < -0.39 is 10.1 Å². The van der Waals surface area contributed by atoms with Crippen LogP contribution in [0, 0.1) is 20.8 Å². The molecule has 0 fully saturated rings. The van der Waals surface area contributed by atoms with Crippen molar-refractivity contribution in [3.8, 4) is 0 Å². The molecule has 3 aromatic carbocycles. The Hall–Kier alpha value is -2.79. The summed E-state index contributed by atoms with van der Waals surface area (Å²) in [6.45, 7) is 12.5. The fourth-order valence-corrected chi connectivity index (χ4v) is 4.60. The summed E-state index contributed by atoms with van der Waals surface area (Å²) in [5.41, 5.74) is 3.38. The van der Waals surface area contributed by atoms with Crippen molar-refractivity contribution in [1.29, 1.82) is 0 Å². The van der Waals surface area contributed by atoms with E-state index in [2.05, 4.69) is 20.6 Å². The average molecular weight is 797 g/mol. The molecule has 0 aromatic heterocycles. The van der Waals surface area contributed by atoms with E-state index in [0.29, 0.717) is 10.1 Å². The Balaban J connectivity index is 0. The van der Waals surface area contributed by atoms with E-state index in [1.54, 1.807) is 32.9 Å². The van der Waals surface area contributed by atoms with Gasteiger partial charge < -0.3 is 15.6 Å². The molecular weight excluding hydrogens is 759 g/mol. The van der Waals surface area contributed by atoms with E-state index in [-0.39, 0.29) is 34.0 Å². The number of aryl methyl sites for hydroxylation is 3. The number of halogens is 2. The van der Waals surface area contributed by atoms with Gasteiger partial charge in [-0.25, -0.2) is 0 Å². The Morgan fingerprint density at radius 1 is 0.727 bits per heavy atom. The van der Waals surface area contributed by atoms with Gasteiger partial charge in [-0.15, -0.1) is 29.1 Å². The van der Waals surface area contributed by atoms with Crippen molar-refractivity contribution in [3.63, 3.8) is 0 Å². The van der Waals surface area contributed by atoms with Gasteiger partial charge in [0.25, 0.3) is 0 Å². The molecule has 0 saturated heterocycles. The Kier molecular flexibility index (Phi) is 24.2. The summed E-state index contributed by atoms with van der Waals surface area (Å²) in [5.74, 6) is 0. The topological polar surface area (TPSA) is 153 Å². The van der Waals surface area contributed by atoms with E-state index in [1.807, 2.05) is 69.3 Å². The van der Waals surface area contributed by atoms with Gasteiger partial charge in [-0.3, -0.25) is 4.28 Å². The highest BCUT2D eigenvalue weighted by Gasteiger charge is 2.15. The largest absolute Gasteiger partial charge is 0.411 e. The monoisotopic (exact) mass is 796 g/mol. The lowest BCUT2D eigenvalue weighted by atomic mass is 10.2. The molecule has 0 heterocycles. The highest BCUT2D eigenvalue weighted by Crippen LogP contribution is 2.21. The molecule has 0 unspecified atom stereocenters. The number of rotatable bonds is 5. The quantitative estimate of drug-likeness (QED) is 0.0577. The lowest BCUT2D eigenvalue weighted by molar-refractivity contribution is 0.320. The van der Waals surface area contributed by atoms with Crippen LogP contribution >= 0.6 is 59.1 Å². The first-order valence-electron chi connectivity index (χ1n) is 12.5. The first-order chi connectivity index (χ1) is 20.3. The van der Waals surface area contributed by atoms with Gasteiger partial charge in [0.05, 0.1) is 0 Å². The number of benzene rings is 3. The number of thioether (sulfide) groups is 2. The maximum absolute atomic E-state index is 12.0. The van der Waals surface area contributed by atoms with Crippen molar-refractivity contribution in [2.45, 2.75) is 63.2 Å². The summed E-state index contributed by atoms with van der Waals surface area (Å²) < 4.78 is 28.8. The predicted molar refractivity (Wildman–Crippen MR) is 194 cm³/mol. The fourth-order valence-electron chi connectivity index (χ4n) is 2.44. The van der Waals surface area contributed by atoms with Gasteiger partial charge in [-0.05, 0) is 84.9 Å². The van der Waals surface area contributed by atoms with Crippen LogP contribution in [0.3, 0.4) is 0 Å². The normalized spacial score (nSPS) is 11.5. The Morgan fingerprint density at radius 3 is 1.39 bits per heavy atom. The summed E-state index contributed by atoms with van der Waals surface area (Å²) in [6, 6.07) is 22.4. The van der Waals surface area contributed by atoms with Crippen molar-refractivity contribution in [3.05, 3.63) is 89.5 Å². The maximum Gasteiger partial charge on any atom is 0.358 e. The van der Waals surface area contributed by atoms with E-state index in [9.17, 15) is 8.42 Å². The average Bonchev–Trinajstić information content (AvgIpc) is 2.99. The molecule has 0 aliphatic carbocycles. The zero-order valence-corrected chi connectivity index (χ0v) is 30.9. The molecule has 0 bridgehead atoms. The number of hydrogen-bond donors (Lipinski definition) is 3. The van der Waals surface area contributed by atoms with Gasteiger partial charge >= 0.3 is 10.1 Å². The van der Waals surface area contributed by atoms with Crippen LogP contribution in [-0.2, 0) is 14.4 Å². The zero-order chi connectivity index (χ0) is 32.8. The second-order valence-electron chi connectivity index (χ2n) is 8.37. The molecule has 3 N–H and O–H groups in total. The molecule has 0 aliphatic heterocycles. The molecule has 15 heteroatoms. The maximum atomic E-state index is 12.0. The smallest absolute Gasteiger partial charge is 0.358 e. The summed E-state index contributed by atoms with van der Waals surface area (Å²) in [4.78, 5) is 2.16. The van der Waals surface area contributed by atoms with Crippen LogP contribution < -0.4 is 0 Å². The van der Waals surface area contributed by atoms with E-state index in [1.165, 1.54) is 54.4 Å². The van der Waals surface area contributed by atoms with Gasteiger partial charge in [0.2, 0.25) is 0 Å². The van der Waals surface area contributed by atoms with Crippen molar-refractivity contribution in [2.24, 2.45) is 20.6 Å². The molecule has 0 atom stereocenters. The molecule has 242 valence electrons. The first-order valence-corrected chi connectivity index (χ1v) is 15.9. The molecule has 3 aromatic rings. The Bertz CT molecular complexity index is 1440. The van der Waals surface area contributed by atoms with Gasteiger partial charge in [0.1, 0.15) is 20.2 Å². The highest BCUT2D eigenvalue weighted by atomic mass is 127. The Morgan fingerprint density at radius 2 is 1.07 bits per heavy atom. The molecule has 0 spiro atoms. The third-order valence-corrected chi connectivity index (χ3v) is 7.50. The number of oxime groups is 4. The van der Waals surface area contributed by atoms with E-state index >= 15 is 0 Å². The molecular formula is C29H38ClIN4O6S3. The zero-order valence-electron chi connectivity index (χ0n) is 25.4. The van der Waals surface area contributed by atoms with Crippen molar-refractivity contribution < 1.29 is 28.3 Å². The third kappa shape index (κ3) is 21.0. The van der Waals surface area contributed by atoms with Crippen LogP contribution in [0.15, 0.2) is 108 Å². The molecule has 0 saturated carbocycles. The second-order valence-corrected chi connectivity index (χ2v) is 13.0. The summed E-state index contributed by atoms with van der Waals surface area (Å²) in [6.07, 6.45) is 1.31. The van der Waals surface area contributed by atoms with Crippen molar-refractivity contribution >= 4 is 90.7 Å². The molecule has 0 amide bonds. The minimum atomic E-state index is -3.87. The minimum absolute atomic E-state index is 0. The van der Waals surface area contributed by atoms with Crippen LogP contribution in [0.5, 0.6) is 0 Å². The molecule has 0 aliphatic rings. The first kappa shape index (κ1) is 43.3. The van der Waals surface area contributed by atoms with Gasteiger partial charge in [0, 0.05) is 16.0 Å². The minimum Gasteiger partial charge on any atom is -0.411 e. The van der Waals surface area contributed by atoms with Crippen LogP contribution in [0.1, 0.15) is 44.4 Å². The number of hydrogen-bond acceptors (Lipinski definition) is 12. The van der Waals surface area contributed by atoms with Crippen LogP contribution in [0.2, 0.25) is 0 Å². The number of nitrogens with zero attached hydrogens (tertiary/aromatic N) is 4. The summed E-state index contributed by atoms with van der Waals surface area (Å²) >= 11 is 7.77. The van der Waals surface area contributed by atoms with E-state index in [0.717, 1.165) is 20.9 Å². The Labute approximate surface area is 290 Å². The van der Waals surface area contributed by atoms with Gasteiger partial charge in [-0.1, -0.05) is 104 Å². The lowest BCUT2D eigenvalue weighted by Gasteiger charge is -2.04. The van der Waals surface area contributed by atoms with E-state index in [4.69, 9.17) is 31.5 Å². The lowest BCUT2D eigenvalue weighted by Crippen LogP contribution is -2.03. The predicted octanol–water partition coefficient (Wildman–Crippen LogP) is 9.15.